The van der Waals surface area contributed by atoms with Gasteiger partial charge < -0.3 is 14.5 Å². The maximum absolute atomic E-state index is 13.6. The average molecular weight is 443 g/mol. The molecule has 168 valence electrons. The van der Waals surface area contributed by atoms with E-state index in [4.69, 9.17) is 4.74 Å². The van der Waals surface area contributed by atoms with Crippen LogP contribution in [0.2, 0.25) is 0 Å². The molecule has 0 spiro atoms. The molecule has 6 heteroatoms. The number of amides is 2. The van der Waals surface area contributed by atoms with Gasteiger partial charge in [0.25, 0.3) is 5.91 Å². The first-order valence-electron chi connectivity index (χ1n) is 11.8. The Morgan fingerprint density at radius 1 is 1.06 bits per heavy atom. The maximum atomic E-state index is 13.6. The molecule has 2 saturated heterocycles. The summed E-state index contributed by atoms with van der Waals surface area (Å²) in [7, 11) is 0. The van der Waals surface area contributed by atoms with Gasteiger partial charge in [0.2, 0.25) is 5.91 Å². The summed E-state index contributed by atoms with van der Waals surface area (Å²) in [5.41, 5.74) is 1.13. The van der Waals surface area contributed by atoms with E-state index in [1.54, 1.807) is 18.3 Å². The molecule has 1 aromatic heterocycles. The number of ether oxygens (including phenoxy) is 1. The Kier molecular flexibility index (Phi) is 7.28. The normalized spacial score (nSPS) is 20.8. The van der Waals surface area contributed by atoms with Crippen LogP contribution >= 0.6 is 11.3 Å². The predicted octanol–water partition coefficient (Wildman–Crippen LogP) is 4.88. The molecule has 0 aliphatic carbocycles. The van der Waals surface area contributed by atoms with Crippen LogP contribution in [0.15, 0.2) is 24.3 Å². The van der Waals surface area contributed by atoms with Gasteiger partial charge in [-0.25, -0.2) is 0 Å². The van der Waals surface area contributed by atoms with Crippen LogP contribution in [0.5, 0.6) is 0 Å². The topological polar surface area (TPSA) is 49.9 Å². The van der Waals surface area contributed by atoms with Gasteiger partial charge in [0.05, 0.1) is 11.0 Å². The lowest BCUT2D eigenvalue weighted by Crippen LogP contribution is -2.42. The minimum Gasteiger partial charge on any atom is -0.378 e. The lowest BCUT2D eigenvalue weighted by molar-refractivity contribution is -0.131. The summed E-state index contributed by atoms with van der Waals surface area (Å²) >= 11 is 1.61. The van der Waals surface area contributed by atoms with Gasteiger partial charge in [0, 0.05) is 43.9 Å². The lowest BCUT2D eigenvalue weighted by atomic mass is 9.97. The van der Waals surface area contributed by atoms with Crippen LogP contribution in [0, 0.1) is 0 Å². The van der Waals surface area contributed by atoms with Crippen LogP contribution in [-0.2, 0) is 16.0 Å². The Labute approximate surface area is 189 Å². The minimum absolute atomic E-state index is 0.147. The van der Waals surface area contributed by atoms with Crippen molar-refractivity contribution in [3.05, 3.63) is 34.7 Å². The first-order valence-corrected chi connectivity index (χ1v) is 12.6. The van der Waals surface area contributed by atoms with Crippen LogP contribution < -0.4 is 0 Å². The molecule has 0 unspecified atom stereocenters. The number of fused-ring (bicyclic) bond motifs is 1. The van der Waals surface area contributed by atoms with E-state index in [1.165, 1.54) is 11.8 Å². The van der Waals surface area contributed by atoms with E-state index in [1.807, 2.05) is 22.8 Å². The van der Waals surface area contributed by atoms with Crippen molar-refractivity contribution in [2.45, 2.75) is 70.9 Å². The largest absolute Gasteiger partial charge is 0.378 e. The summed E-state index contributed by atoms with van der Waals surface area (Å²) in [6.07, 6.45) is 7.24. The zero-order valence-electron chi connectivity index (χ0n) is 18.8. The molecule has 2 aliphatic heterocycles. The van der Waals surface area contributed by atoms with Crippen molar-refractivity contribution in [3.8, 4) is 0 Å². The van der Waals surface area contributed by atoms with Gasteiger partial charge in [-0.2, -0.15) is 0 Å². The zero-order chi connectivity index (χ0) is 21.8. The second kappa shape index (κ2) is 10.1. The standard InChI is InChI=1S/C25H34N2O3S/c1-3-30-20-12-15-26(16-13-20)25(29)24-22(21-10-6-7-11-23(21)31-24)17-19-9-5-4-8-14-27(19)18(2)28/h6-7,10-11,19-20H,3-5,8-9,12-17H2,1-2H3/t19-/m0/s1. The van der Waals surface area contributed by atoms with Gasteiger partial charge in [-0.3, -0.25) is 9.59 Å². The number of carbonyl (C=O) groups excluding carboxylic acids is 2. The highest BCUT2D eigenvalue weighted by atomic mass is 32.1. The molecule has 2 aliphatic rings. The summed E-state index contributed by atoms with van der Waals surface area (Å²) in [5, 5.41) is 1.17. The molecule has 31 heavy (non-hydrogen) atoms. The summed E-state index contributed by atoms with van der Waals surface area (Å²) in [5.74, 6) is 0.298. The number of nitrogens with zero attached hydrogens (tertiary/aromatic N) is 2. The molecule has 2 amide bonds. The molecule has 1 aromatic carbocycles. The van der Waals surface area contributed by atoms with Crippen molar-refractivity contribution >= 4 is 33.2 Å². The van der Waals surface area contributed by atoms with E-state index in [0.29, 0.717) is 0 Å². The molecular formula is C25H34N2O3S. The van der Waals surface area contributed by atoms with Crippen molar-refractivity contribution < 1.29 is 14.3 Å². The molecule has 0 radical (unpaired) electrons. The van der Waals surface area contributed by atoms with Gasteiger partial charge in [-0.05, 0) is 56.0 Å². The first-order chi connectivity index (χ1) is 15.1. The van der Waals surface area contributed by atoms with Crippen molar-refractivity contribution in [1.29, 1.82) is 0 Å². The molecule has 1 atom stereocenters. The molecule has 2 aromatic rings. The summed E-state index contributed by atoms with van der Waals surface area (Å²) in [4.78, 5) is 30.8. The number of rotatable bonds is 5. The summed E-state index contributed by atoms with van der Waals surface area (Å²) in [6, 6.07) is 8.51. The molecule has 0 bridgehead atoms. The van der Waals surface area contributed by atoms with E-state index in [2.05, 4.69) is 18.2 Å². The molecule has 0 saturated carbocycles. The van der Waals surface area contributed by atoms with Gasteiger partial charge in [0.15, 0.2) is 0 Å². The molecule has 3 heterocycles. The number of benzene rings is 1. The van der Waals surface area contributed by atoms with Crippen LogP contribution in [0.3, 0.4) is 0 Å². The Bertz CT molecular complexity index is 917. The fourth-order valence-corrected chi connectivity index (χ4v) is 6.32. The van der Waals surface area contributed by atoms with Crippen LogP contribution in [0.25, 0.3) is 10.1 Å². The van der Waals surface area contributed by atoms with Crippen LogP contribution in [0.1, 0.15) is 67.6 Å². The number of hydrogen-bond donors (Lipinski definition) is 0. The Hall–Kier alpha value is -1.92. The number of thiophene rings is 1. The number of hydrogen-bond acceptors (Lipinski definition) is 4. The van der Waals surface area contributed by atoms with Crippen LogP contribution in [0.4, 0.5) is 0 Å². The molecule has 5 nitrogen and oxygen atoms in total. The number of likely N-dealkylation sites (tertiary alicyclic amines) is 2. The van der Waals surface area contributed by atoms with Gasteiger partial charge in [-0.1, -0.05) is 31.0 Å². The highest BCUT2D eigenvalue weighted by molar-refractivity contribution is 7.21. The number of piperidine rings is 1. The monoisotopic (exact) mass is 442 g/mol. The minimum atomic E-state index is 0.147. The second-order valence-corrected chi connectivity index (χ2v) is 9.82. The van der Waals surface area contributed by atoms with Crippen molar-refractivity contribution in [2.24, 2.45) is 0 Å². The van der Waals surface area contributed by atoms with E-state index >= 15 is 0 Å². The quantitative estimate of drug-likeness (QED) is 0.663. The second-order valence-electron chi connectivity index (χ2n) is 8.77. The van der Waals surface area contributed by atoms with E-state index < -0.39 is 0 Å². The molecule has 4 rings (SSSR count). The summed E-state index contributed by atoms with van der Waals surface area (Å²) in [6.45, 7) is 6.77. The Morgan fingerprint density at radius 3 is 2.58 bits per heavy atom. The van der Waals surface area contributed by atoms with Crippen molar-refractivity contribution in [1.82, 2.24) is 9.80 Å². The Balaban J connectivity index is 1.61. The lowest BCUT2D eigenvalue weighted by Gasteiger charge is -2.32. The first kappa shape index (κ1) is 22.3. The predicted molar refractivity (Wildman–Crippen MR) is 126 cm³/mol. The van der Waals surface area contributed by atoms with E-state index in [-0.39, 0.29) is 24.0 Å². The third kappa shape index (κ3) is 4.96. The molecule has 0 N–H and O–H groups in total. The summed E-state index contributed by atoms with van der Waals surface area (Å²) < 4.78 is 6.92. The Morgan fingerprint density at radius 2 is 1.84 bits per heavy atom. The van der Waals surface area contributed by atoms with Gasteiger partial charge >= 0.3 is 0 Å². The van der Waals surface area contributed by atoms with Gasteiger partial charge in [0.1, 0.15) is 0 Å². The average Bonchev–Trinajstić information content (AvgIpc) is 2.96. The highest BCUT2D eigenvalue weighted by Gasteiger charge is 2.30. The van der Waals surface area contributed by atoms with E-state index in [9.17, 15) is 9.59 Å². The smallest absolute Gasteiger partial charge is 0.264 e. The SMILES string of the molecule is CCOC1CCN(C(=O)c2sc3ccccc3c2C[C@@H]2CCCCCN2C(C)=O)CC1. The fraction of sp³-hybridized carbons (Fsp3) is 0.600. The third-order valence-electron chi connectivity index (χ3n) is 6.75. The molecular weight excluding hydrogens is 408 g/mol. The van der Waals surface area contributed by atoms with Crippen molar-refractivity contribution in [2.75, 3.05) is 26.2 Å². The van der Waals surface area contributed by atoms with E-state index in [0.717, 1.165) is 79.9 Å². The fourth-order valence-electron chi connectivity index (χ4n) is 5.12. The van der Waals surface area contributed by atoms with Crippen LogP contribution in [-0.4, -0.2) is 60.0 Å². The zero-order valence-corrected chi connectivity index (χ0v) is 19.6. The molecule has 2 fully saturated rings. The van der Waals surface area contributed by atoms with Crippen molar-refractivity contribution in [3.63, 3.8) is 0 Å². The highest BCUT2D eigenvalue weighted by Crippen LogP contribution is 2.35. The number of carbonyl (C=O) groups is 2. The third-order valence-corrected chi connectivity index (χ3v) is 7.95. The van der Waals surface area contributed by atoms with Gasteiger partial charge in [-0.15, -0.1) is 11.3 Å². The maximum Gasteiger partial charge on any atom is 0.264 e.